The quantitative estimate of drug-likeness (QED) is 0.755. The van der Waals surface area contributed by atoms with Crippen molar-refractivity contribution >= 4 is 16.9 Å². The van der Waals surface area contributed by atoms with E-state index >= 15 is 0 Å². The van der Waals surface area contributed by atoms with Gasteiger partial charge in [-0.15, -0.1) is 0 Å². The first kappa shape index (κ1) is 17.2. The van der Waals surface area contributed by atoms with Gasteiger partial charge in [0, 0.05) is 11.7 Å². The molecular formula is C20H22O3S. The van der Waals surface area contributed by atoms with Crippen LogP contribution in [0.4, 0.5) is 0 Å². The van der Waals surface area contributed by atoms with E-state index < -0.39 is 0 Å². The highest BCUT2D eigenvalue weighted by Crippen LogP contribution is 2.29. The predicted octanol–water partition coefficient (Wildman–Crippen LogP) is 4.21. The summed E-state index contributed by atoms with van der Waals surface area (Å²) in [5.41, 5.74) is 2.29. The van der Waals surface area contributed by atoms with E-state index in [1.54, 1.807) is 0 Å². The summed E-state index contributed by atoms with van der Waals surface area (Å²) >= 11 is 1.40. The molecule has 0 radical (unpaired) electrons. The molecular weight excluding hydrogens is 320 g/mol. The molecule has 24 heavy (non-hydrogen) atoms. The van der Waals surface area contributed by atoms with Crippen molar-refractivity contribution in [3.8, 4) is 0 Å². The average Bonchev–Trinajstić information content (AvgIpc) is 2.61. The van der Waals surface area contributed by atoms with Gasteiger partial charge in [-0.05, 0) is 17.5 Å². The molecule has 2 aromatic rings. The summed E-state index contributed by atoms with van der Waals surface area (Å²) < 4.78 is 11.7. The molecule has 4 heteroatoms. The van der Waals surface area contributed by atoms with Gasteiger partial charge in [-0.2, -0.15) is 0 Å². The summed E-state index contributed by atoms with van der Waals surface area (Å²) in [5.74, 6) is 0. The van der Waals surface area contributed by atoms with Crippen LogP contribution in [0.2, 0.25) is 0 Å². The molecule has 3 nitrogen and oxygen atoms in total. The zero-order chi connectivity index (χ0) is 16.6. The van der Waals surface area contributed by atoms with E-state index in [1.807, 2.05) is 60.7 Å². The lowest BCUT2D eigenvalue weighted by Crippen LogP contribution is -2.30. The normalized spacial score (nSPS) is 20.9. The maximum atomic E-state index is 12.0. The Labute approximate surface area is 147 Å². The molecule has 0 aromatic heterocycles. The fraction of sp³-hybridized carbons (Fsp3) is 0.350. The van der Waals surface area contributed by atoms with Crippen molar-refractivity contribution in [3.63, 3.8) is 0 Å². The van der Waals surface area contributed by atoms with Crippen molar-refractivity contribution in [1.29, 1.82) is 0 Å². The maximum Gasteiger partial charge on any atom is 0.191 e. The second kappa shape index (κ2) is 9.02. The van der Waals surface area contributed by atoms with Crippen LogP contribution < -0.4 is 0 Å². The van der Waals surface area contributed by atoms with E-state index in [4.69, 9.17) is 9.47 Å². The van der Waals surface area contributed by atoms with Crippen LogP contribution in [0.1, 0.15) is 24.0 Å². The molecule has 0 bridgehead atoms. The Morgan fingerprint density at radius 2 is 1.54 bits per heavy atom. The number of carbonyl (C=O) groups is 1. The molecule has 1 aliphatic heterocycles. The lowest BCUT2D eigenvalue weighted by molar-refractivity contribution is -0.115. The van der Waals surface area contributed by atoms with Gasteiger partial charge in [0.1, 0.15) is 0 Å². The van der Waals surface area contributed by atoms with E-state index in [9.17, 15) is 4.79 Å². The van der Waals surface area contributed by atoms with Crippen molar-refractivity contribution in [2.45, 2.75) is 37.4 Å². The van der Waals surface area contributed by atoms with Crippen LogP contribution in [0.5, 0.6) is 0 Å². The van der Waals surface area contributed by atoms with E-state index in [-0.39, 0.29) is 16.5 Å². The molecule has 2 atom stereocenters. The lowest BCUT2D eigenvalue weighted by Gasteiger charge is -2.27. The molecule has 126 valence electrons. The summed E-state index contributed by atoms with van der Waals surface area (Å²) in [4.78, 5) is 12.0. The van der Waals surface area contributed by atoms with Crippen molar-refractivity contribution in [3.05, 3.63) is 71.8 Å². The standard InChI is InChI=1S/C20H22O3S/c21-20-12-18(23-14-17-9-5-2-6-10-17)11-19(24-20)15-22-13-16-7-3-1-4-8-16/h1-10,18-19H,11-15H2/t18-,19-/m0/s1. The summed E-state index contributed by atoms with van der Waals surface area (Å²) in [5, 5.41) is 0.378. The molecule has 3 rings (SSSR count). The third-order valence-electron chi connectivity index (χ3n) is 3.96. The lowest BCUT2D eigenvalue weighted by atomic mass is 10.1. The topological polar surface area (TPSA) is 35.5 Å². The van der Waals surface area contributed by atoms with Crippen molar-refractivity contribution in [2.24, 2.45) is 0 Å². The number of hydrogen-bond acceptors (Lipinski definition) is 4. The fourth-order valence-electron chi connectivity index (χ4n) is 2.74. The minimum atomic E-state index is -0.00992. The molecule has 0 N–H and O–H groups in total. The minimum absolute atomic E-state index is 0.00992. The summed E-state index contributed by atoms with van der Waals surface area (Å²) in [6.45, 7) is 1.72. The second-order valence-corrected chi connectivity index (χ2v) is 7.33. The highest BCUT2D eigenvalue weighted by atomic mass is 32.2. The smallest absolute Gasteiger partial charge is 0.191 e. The van der Waals surface area contributed by atoms with Crippen LogP contribution in [-0.4, -0.2) is 23.1 Å². The van der Waals surface area contributed by atoms with Crippen molar-refractivity contribution < 1.29 is 14.3 Å². The van der Waals surface area contributed by atoms with Crippen LogP contribution in [0.15, 0.2) is 60.7 Å². The van der Waals surface area contributed by atoms with E-state index in [0.717, 1.165) is 17.5 Å². The van der Waals surface area contributed by atoms with E-state index in [0.29, 0.717) is 26.2 Å². The summed E-state index contributed by atoms with van der Waals surface area (Å²) in [6.07, 6.45) is 1.34. The van der Waals surface area contributed by atoms with E-state index in [1.165, 1.54) is 11.8 Å². The van der Waals surface area contributed by atoms with Gasteiger partial charge in [0.15, 0.2) is 5.12 Å². The van der Waals surface area contributed by atoms with Crippen molar-refractivity contribution in [2.75, 3.05) is 6.61 Å². The van der Waals surface area contributed by atoms with Gasteiger partial charge < -0.3 is 9.47 Å². The highest BCUT2D eigenvalue weighted by molar-refractivity contribution is 8.14. The highest BCUT2D eigenvalue weighted by Gasteiger charge is 2.28. The fourth-order valence-corrected chi connectivity index (χ4v) is 3.87. The third-order valence-corrected chi connectivity index (χ3v) is 5.05. The van der Waals surface area contributed by atoms with Gasteiger partial charge in [0.25, 0.3) is 0 Å². The monoisotopic (exact) mass is 342 g/mol. The number of ether oxygens (including phenoxy) is 2. The molecule has 0 unspecified atom stereocenters. The molecule has 1 fully saturated rings. The Morgan fingerprint density at radius 1 is 0.917 bits per heavy atom. The maximum absolute atomic E-state index is 12.0. The number of thioether (sulfide) groups is 1. The average molecular weight is 342 g/mol. The van der Waals surface area contributed by atoms with Crippen LogP contribution in [0.25, 0.3) is 0 Å². The molecule has 0 amide bonds. The number of rotatable bonds is 7. The van der Waals surface area contributed by atoms with Crippen LogP contribution >= 0.6 is 11.8 Å². The number of hydrogen-bond donors (Lipinski definition) is 0. The van der Waals surface area contributed by atoms with Gasteiger partial charge in [0.2, 0.25) is 0 Å². The Balaban J connectivity index is 1.44. The molecule has 1 heterocycles. The van der Waals surface area contributed by atoms with Crippen LogP contribution in [0, 0.1) is 0 Å². The Bertz CT molecular complexity index is 630. The molecule has 0 aliphatic carbocycles. The Kier molecular flexibility index (Phi) is 6.47. The zero-order valence-electron chi connectivity index (χ0n) is 13.6. The first-order valence-electron chi connectivity index (χ1n) is 8.26. The largest absolute Gasteiger partial charge is 0.376 e. The number of carbonyl (C=O) groups excluding carboxylic acids is 1. The minimum Gasteiger partial charge on any atom is -0.376 e. The van der Waals surface area contributed by atoms with E-state index in [2.05, 4.69) is 0 Å². The van der Waals surface area contributed by atoms with Gasteiger partial charge in [-0.25, -0.2) is 0 Å². The molecule has 2 aromatic carbocycles. The summed E-state index contributed by atoms with van der Waals surface area (Å²) in [7, 11) is 0. The van der Waals surface area contributed by atoms with Gasteiger partial charge in [-0.1, -0.05) is 72.4 Å². The van der Waals surface area contributed by atoms with Crippen molar-refractivity contribution in [1.82, 2.24) is 0 Å². The van der Waals surface area contributed by atoms with Gasteiger partial charge in [0.05, 0.1) is 25.9 Å². The third kappa shape index (κ3) is 5.48. The SMILES string of the molecule is O=C1C[C@@H](OCc2ccccc2)C[C@@H](COCc2ccccc2)S1. The first-order valence-corrected chi connectivity index (χ1v) is 9.14. The Morgan fingerprint density at radius 3 is 2.21 bits per heavy atom. The second-order valence-electron chi connectivity index (χ2n) is 5.97. The van der Waals surface area contributed by atoms with Crippen LogP contribution in [0.3, 0.4) is 0 Å². The van der Waals surface area contributed by atoms with Gasteiger partial charge >= 0.3 is 0 Å². The molecule has 0 saturated carbocycles. The van der Waals surface area contributed by atoms with Gasteiger partial charge in [-0.3, -0.25) is 4.79 Å². The Hall–Kier alpha value is -1.62. The predicted molar refractivity (Wildman–Crippen MR) is 96.7 cm³/mol. The first-order chi connectivity index (χ1) is 11.8. The number of benzene rings is 2. The zero-order valence-corrected chi connectivity index (χ0v) is 14.4. The van der Waals surface area contributed by atoms with Crippen LogP contribution in [-0.2, 0) is 27.5 Å². The molecule has 0 spiro atoms. The summed E-state index contributed by atoms with van der Waals surface area (Å²) in [6, 6.07) is 20.2. The molecule has 1 aliphatic rings. The molecule has 1 saturated heterocycles.